The summed E-state index contributed by atoms with van der Waals surface area (Å²) in [5.41, 5.74) is 1.79. The molecule has 8 heteroatoms. The average molecular weight is 414 g/mol. The maximum Gasteiger partial charge on any atom is 0.317 e. The van der Waals surface area contributed by atoms with Gasteiger partial charge in [-0.25, -0.2) is 14.8 Å². The number of carbonyl (C=O) groups excluding carboxylic acids is 2. The van der Waals surface area contributed by atoms with Crippen molar-refractivity contribution in [1.82, 2.24) is 24.8 Å². The number of nitrogens with one attached hydrogen (secondary N) is 1. The summed E-state index contributed by atoms with van der Waals surface area (Å²) < 4.78 is 7.30. The van der Waals surface area contributed by atoms with Gasteiger partial charge >= 0.3 is 12.0 Å². The number of esters is 1. The van der Waals surface area contributed by atoms with Gasteiger partial charge in [-0.3, -0.25) is 4.79 Å². The van der Waals surface area contributed by atoms with Gasteiger partial charge in [0.25, 0.3) is 0 Å². The van der Waals surface area contributed by atoms with E-state index in [2.05, 4.69) is 19.9 Å². The van der Waals surface area contributed by atoms with Crippen molar-refractivity contribution in [3.05, 3.63) is 24.2 Å². The van der Waals surface area contributed by atoms with Crippen molar-refractivity contribution in [2.75, 3.05) is 26.2 Å². The molecule has 30 heavy (non-hydrogen) atoms. The standard InChI is InChI=1S/C22H31N5O3/c1-3-30-21(28)17-8-6-16(7-9-17)13-24-22(29)26-12-10-18(14-26)27-15(2)25-19-5-4-11-23-20(19)27/h4-5,11,16-18H,3,6-10,12-14H2,1-2H3,(H,24,29)/t16?,17?,18-/m1/s1. The molecule has 1 atom stereocenters. The Labute approximate surface area is 177 Å². The molecule has 2 fully saturated rings. The molecule has 0 aromatic carbocycles. The summed E-state index contributed by atoms with van der Waals surface area (Å²) in [6.45, 7) is 6.36. The first kappa shape index (κ1) is 20.6. The normalized spacial score (nSPS) is 24.2. The van der Waals surface area contributed by atoms with E-state index in [1.807, 2.05) is 30.9 Å². The minimum atomic E-state index is -0.0695. The Morgan fingerprint density at radius 3 is 2.80 bits per heavy atom. The number of hydrogen-bond donors (Lipinski definition) is 1. The van der Waals surface area contributed by atoms with Crippen molar-refractivity contribution in [2.45, 2.75) is 52.0 Å². The van der Waals surface area contributed by atoms with Crippen LogP contribution in [-0.4, -0.2) is 57.7 Å². The summed E-state index contributed by atoms with van der Waals surface area (Å²) in [6.07, 6.45) is 6.31. The highest BCUT2D eigenvalue weighted by molar-refractivity contribution is 5.75. The van der Waals surface area contributed by atoms with Crippen LogP contribution in [0.5, 0.6) is 0 Å². The van der Waals surface area contributed by atoms with E-state index in [0.29, 0.717) is 25.6 Å². The van der Waals surface area contributed by atoms with Crippen LogP contribution in [-0.2, 0) is 9.53 Å². The monoisotopic (exact) mass is 413 g/mol. The van der Waals surface area contributed by atoms with Crippen LogP contribution in [0.15, 0.2) is 18.3 Å². The van der Waals surface area contributed by atoms with Crippen molar-refractivity contribution >= 4 is 23.2 Å². The molecule has 1 aliphatic heterocycles. The minimum absolute atomic E-state index is 0.0000456. The van der Waals surface area contributed by atoms with E-state index in [4.69, 9.17) is 4.74 Å². The van der Waals surface area contributed by atoms with Gasteiger partial charge in [-0.15, -0.1) is 0 Å². The van der Waals surface area contributed by atoms with Crippen LogP contribution >= 0.6 is 0 Å². The van der Waals surface area contributed by atoms with Crippen molar-refractivity contribution in [1.29, 1.82) is 0 Å². The van der Waals surface area contributed by atoms with Gasteiger partial charge in [-0.1, -0.05) is 0 Å². The van der Waals surface area contributed by atoms with Crippen molar-refractivity contribution < 1.29 is 14.3 Å². The molecule has 162 valence electrons. The minimum Gasteiger partial charge on any atom is -0.466 e. The number of amides is 2. The molecular formula is C22H31N5O3. The summed E-state index contributed by atoms with van der Waals surface area (Å²) in [4.78, 5) is 35.6. The lowest BCUT2D eigenvalue weighted by atomic mass is 9.82. The van der Waals surface area contributed by atoms with Crippen LogP contribution in [0.3, 0.4) is 0 Å². The van der Waals surface area contributed by atoms with Crippen LogP contribution < -0.4 is 5.32 Å². The molecule has 4 rings (SSSR count). The third kappa shape index (κ3) is 4.27. The molecule has 0 radical (unpaired) electrons. The second-order valence-electron chi connectivity index (χ2n) is 8.42. The molecule has 1 saturated heterocycles. The molecule has 0 bridgehead atoms. The predicted octanol–water partition coefficient (Wildman–Crippen LogP) is 3.07. The molecule has 2 aliphatic rings. The maximum absolute atomic E-state index is 12.7. The quantitative estimate of drug-likeness (QED) is 0.761. The van der Waals surface area contributed by atoms with Gasteiger partial charge in [0.15, 0.2) is 5.65 Å². The largest absolute Gasteiger partial charge is 0.466 e. The topological polar surface area (TPSA) is 89.4 Å². The van der Waals surface area contributed by atoms with Gasteiger partial charge < -0.3 is 19.5 Å². The van der Waals surface area contributed by atoms with Gasteiger partial charge in [0.1, 0.15) is 11.3 Å². The van der Waals surface area contributed by atoms with Gasteiger partial charge in [-0.05, 0) is 64.0 Å². The Bertz CT molecular complexity index is 903. The Hall–Kier alpha value is -2.64. The van der Waals surface area contributed by atoms with Crippen molar-refractivity contribution in [3.8, 4) is 0 Å². The fourth-order valence-corrected chi connectivity index (χ4v) is 4.82. The zero-order chi connectivity index (χ0) is 21.1. The SMILES string of the molecule is CCOC(=O)C1CCC(CNC(=O)N2CC[C@@H](n3c(C)nc4cccnc43)C2)CC1. The van der Waals surface area contributed by atoms with Crippen molar-refractivity contribution in [2.24, 2.45) is 11.8 Å². The zero-order valence-electron chi connectivity index (χ0n) is 17.8. The highest BCUT2D eigenvalue weighted by atomic mass is 16.5. The number of pyridine rings is 1. The molecule has 2 aromatic heterocycles. The third-order valence-electron chi connectivity index (χ3n) is 6.45. The number of imidazole rings is 1. The van der Waals surface area contributed by atoms with E-state index >= 15 is 0 Å². The van der Waals surface area contributed by atoms with E-state index in [9.17, 15) is 9.59 Å². The van der Waals surface area contributed by atoms with Crippen LogP contribution in [0.2, 0.25) is 0 Å². The van der Waals surface area contributed by atoms with Gasteiger partial charge in [0.05, 0.1) is 18.6 Å². The van der Waals surface area contributed by atoms with E-state index in [1.165, 1.54) is 0 Å². The Morgan fingerprint density at radius 2 is 2.03 bits per heavy atom. The van der Waals surface area contributed by atoms with Crippen LogP contribution in [0, 0.1) is 18.8 Å². The molecule has 0 spiro atoms. The summed E-state index contributed by atoms with van der Waals surface area (Å²) in [5.74, 6) is 1.33. The molecule has 1 N–H and O–H groups in total. The van der Waals surface area contributed by atoms with Gasteiger partial charge in [0, 0.05) is 25.8 Å². The van der Waals surface area contributed by atoms with Crippen LogP contribution in [0.4, 0.5) is 4.79 Å². The number of fused-ring (bicyclic) bond motifs is 1. The Kier molecular flexibility index (Phi) is 6.20. The number of likely N-dealkylation sites (tertiary alicyclic amines) is 1. The number of hydrogen-bond acceptors (Lipinski definition) is 5. The number of carbonyl (C=O) groups is 2. The van der Waals surface area contributed by atoms with Crippen LogP contribution in [0.25, 0.3) is 11.2 Å². The molecule has 8 nitrogen and oxygen atoms in total. The lowest BCUT2D eigenvalue weighted by Crippen LogP contribution is -2.41. The Balaban J connectivity index is 1.27. The maximum atomic E-state index is 12.7. The van der Waals surface area contributed by atoms with Crippen LogP contribution in [0.1, 0.15) is 50.9 Å². The van der Waals surface area contributed by atoms with E-state index in [-0.39, 0.29) is 24.0 Å². The highest BCUT2D eigenvalue weighted by Gasteiger charge is 2.31. The fourth-order valence-electron chi connectivity index (χ4n) is 4.82. The zero-order valence-corrected chi connectivity index (χ0v) is 17.8. The molecule has 2 amide bonds. The second-order valence-corrected chi connectivity index (χ2v) is 8.42. The second kappa shape index (κ2) is 9.02. The molecule has 1 aliphatic carbocycles. The van der Waals surface area contributed by atoms with Gasteiger partial charge in [0.2, 0.25) is 0 Å². The number of aryl methyl sites for hydroxylation is 1. The first-order chi connectivity index (χ1) is 14.6. The summed E-state index contributed by atoms with van der Waals surface area (Å²) in [7, 11) is 0. The highest BCUT2D eigenvalue weighted by Crippen LogP contribution is 2.30. The lowest BCUT2D eigenvalue weighted by Gasteiger charge is -2.28. The molecule has 0 unspecified atom stereocenters. The summed E-state index contributed by atoms with van der Waals surface area (Å²) in [6, 6.07) is 4.08. The molecule has 3 heterocycles. The Morgan fingerprint density at radius 1 is 1.23 bits per heavy atom. The molecule has 2 aromatic rings. The number of nitrogens with zero attached hydrogens (tertiary/aromatic N) is 4. The smallest absolute Gasteiger partial charge is 0.317 e. The summed E-state index contributed by atoms with van der Waals surface area (Å²) >= 11 is 0. The number of aromatic nitrogens is 3. The number of ether oxygens (including phenoxy) is 1. The van der Waals surface area contributed by atoms with E-state index < -0.39 is 0 Å². The first-order valence-corrected chi connectivity index (χ1v) is 11.1. The number of urea groups is 1. The number of rotatable bonds is 5. The van der Waals surface area contributed by atoms with Gasteiger partial charge in [-0.2, -0.15) is 0 Å². The third-order valence-corrected chi connectivity index (χ3v) is 6.45. The first-order valence-electron chi connectivity index (χ1n) is 11.1. The average Bonchev–Trinajstić information content (AvgIpc) is 3.36. The van der Waals surface area contributed by atoms with E-state index in [1.54, 1.807) is 6.20 Å². The predicted molar refractivity (Wildman–Crippen MR) is 113 cm³/mol. The van der Waals surface area contributed by atoms with E-state index in [0.717, 1.165) is 55.6 Å². The van der Waals surface area contributed by atoms with Crippen molar-refractivity contribution in [3.63, 3.8) is 0 Å². The summed E-state index contributed by atoms with van der Waals surface area (Å²) in [5, 5.41) is 3.11. The molecular weight excluding hydrogens is 382 g/mol. The molecule has 1 saturated carbocycles. The fraction of sp³-hybridized carbons (Fsp3) is 0.636. The lowest BCUT2D eigenvalue weighted by molar-refractivity contribution is -0.149.